The summed E-state index contributed by atoms with van der Waals surface area (Å²) in [5.74, 6) is 0. The van der Waals surface area contributed by atoms with Gasteiger partial charge in [0.15, 0.2) is 0 Å². The van der Waals surface area contributed by atoms with Crippen molar-refractivity contribution in [1.29, 1.82) is 0 Å². The summed E-state index contributed by atoms with van der Waals surface area (Å²) in [6.07, 6.45) is 2.39. The van der Waals surface area contributed by atoms with Crippen molar-refractivity contribution in [3.8, 4) is 0 Å². The van der Waals surface area contributed by atoms with Gasteiger partial charge in [0.05, 0.1) is 5.69 Å². The minimum atomic E-state index is -0.468. The number of carbonyl (C=O) groups excluding carboxylic acids is 1. The van der Waals surface area contributed by atoms with E-state index in [1.54, 1.807) is 6.20 Å². The van der Waals surface area contributed by atoms with Crippen LogP contribution in [-0.4, -0.2) is 29.3 Å². The fourth-order valence-electron chi connectivity index (χ4n) is 1.85. The molecule has 0 bridgehead atoms. The van der Waals surface area contributed by atoms with Crippen LogP contribution in [0.3, 0.4) is 0 Å². The quantitative estimate of drug-likeness (QED) is 0.846. The van der Waals surface area contributed by atoms with E-state index >= 15 is 0 Å². The molecule has 0 radical (unpaired) electrons. The van der Waals surface area contributed by atoms with Gasteiger partial charge in [0.1, 0.15) is 5.60 Å². The molecule has 1 aromatic heterocycles. The molecular formula is C16H27N3O2. The molecule has 1 unspecified atom stereocenters. The van der Waals surface area contributed by atoms with Crippen LogP contribution in [-0.2, 0) is 17.7 Å². The molecule has 1 rings (SSSR count). The number of amides is 1. The zero-order chi connectivity index (χ0) is 15.9. The highest BCUT2D eigenvalue weighted by Gasteiger charge is 2.16. The lowest BCUT2D eigenvalue weighted by molar-refractivity contribution is 0.0523. The number of carbonyl (C=O) groups is 1. The summed E-state index contributed by atoms with van der Waals surface area (Å²) in [7, 11) is 0. The van der Waals surface area contributed by atoms with Gasteiger partial charge in [0.25, 0.3) is 0 Å². The molecule has 21 heavy (non-hydrogen) atoms. The smallest absolute Gasteiger partial charge is 0.407 e. The maximum Gasteiger partial charge on any atom is 0.407 e. The second-order valence-electron chi connectivity index (χ2n) is 6.13. The third-order valence-corrected chi connectivity index (χ3v) is 2.93. The van der Waals surface area contributed by atoms with E-state index in [1.807, 2.05) is 33.8 Å². The maximum atomic E-state index is 11.6. The fourth-order valence-corrected chi connectivity index (χ4v) is 1.85. The first-order chi connectivity index (χ1) is 9.81. The zero-order valence-electron chi connectivity index (χ0n) is 13.7. The second-order valence-corrected chi connectivity index (χ2v) is 6.13. The van der Waals surface area contributed by atoms with Crippen LogP contribution < -0.4 is 10.6 Å². The summed E-state index contributed by atoms with van der Waals surface area (Å²) in [6, 6.07) is 4.19. The lowest BCUT2D eigenvalue weighted by Gasteiger charge is -2.21. The number of pyridine rings is 1. The van der Waals surface area contributed by atoms with Gasteiger partial charge in [-0.25, -0.2) is 4.79 Å². The molecule has 1 aromatic rings. The molecule has 2 N–H and O–H groups in total. The lowest BCUT2D eigenvalue weighted by atomic mass is 10.1. The Balaban J connectivity index is 2.34. The third-order valence-electron chi connectivity index (χ3n) is 2.93. The van der Waals surface area contributed by atoms with Crippen molar-refractivity contribution in [1.82, 2.24) is 15.6 Å². The predicted molar refractivity (Wildman–Crippen MR) is 84.2 cm³/mol. The predicted octanol–water partition coefficient (Wildman–Crippen LogP) is 2.65. The Morgan fingerprint density at radius 3 is 2.76 bits per heavy atom. The Morgan fingerprint density at radius 1 is 1.43 bits per heavy atom. The van der Waals surface area contributed by atoms with Gasteiger partial charge in [-0.3, -0.25) is 4.98 Å². The maximum absolute atomic E-state index is 11.6. The Morgan fingerprint density at radius 2 is 2.14 bits per heavy atom. The van der Waals surface area contributed by atoms with Gasteiger partial charge in [-0.1, -0.05) is 13.0 Å². The lowest BCUT2D eigenvalue weighted by Crippen LogP contribution is -2.41. The summed E-state index contributed by atoms with van der Waals surface area (Å²) in [6.45, 7) is 10.9. The Hall–Kier alpha value is -1.62. The monoisotopic (exact) mass is 293 g/mol. The normalized spacial score (nSPS) is 12.8. The zero-order valence-corrected chi connectivity index (χ0v) is 13.7. The van der Waals surface area contributed by atoms with E-state index in [4.69, 9.17) is 4.74 Å². The van der Waals surface area contributed by atoms with E-state index in [-0.39, 0.29) is 12.1 Å². The largest absolute Gasteiger partial charge is 0.444 e. The van der Waals surface area contributed by atoms with E-state index in [1.165, 1.54) is 5.56 Å². The SMILES string of the molecule is CCc1cccnc1CNC(C)CNC(=O)OC(C)(C)C. The van der Waals surface area contributed by atoms with E-state index in [2.05, 4.69) is 28.6 Å². The van der Waals surface area contributed by atoms with Crippen LogP contribution in [0.1, 0.15) is 45.9 Å². The first-order valence-electron chi connectivity index (χ1n) is 7.45. The molecule has 0 saturated carbocycles. The van der Waals surface area contributed by atoms with Gasteiger partial charge in [0.2, 0.25) is 0 Å². The number of nitrogens with one attached hydrogen (secondary N) is 2. The molecule has 1 amide bonds. The van der Waals surface area contributed by atoms with Crippen molar-refractivity contribution in [3.05, 3.63) is 29.6 Å². The molecule has 0 fully saturated rings. The molecule has 1 heterocycles. The van der Waals surface area contributed by atoms with Crippen LogP contribution in [0.15, 0.2) is 18.3 Å². The van der Waals surface area contributed by atoms with Crippen LogP contribution in [0.25, 0.3) is 0 Å². The van der Waals surface area contributed by atoms with Gasteiger partial charge in [-0.2, -0.15) is 0 Å². The summed E-state index contributed by atoms with van der Waals surface area (Å²) in [5, 5.41) is 6.12. The molecular weight excluding hydrogens is 266 g/mol. The summed E-state index contributed by atoms with van der Waals surface area (Å²) >= 11 is 0. The number of rotatable bonds is 6. The second kappa shape index (κ2) is 7.98. The van der Waals surface area contributed by atoms with Crippen molar-refractivity contribution in [3.63, 3.8) is 0 Å². The molecule has 1 atom stereocenters. The van der Waals surface area contributed by atoms with Gasteiger partial charge in [-0.05, 0) is 45.7 Å². The van der Waals surface area contributed by atoms with Crippen LogP contribution in [0.4, 0.5) is 4.79 Å². The van der Waals surface area contributed by atoms with Crippen molar-refractivity contribution >= 4 is 6.09 Å². The molecule has 0 spiro atoms. The van der Waals surface area contributed by atoms with E-state index in [0.29, 0.717) is 13.1 Å². The summed E-state index contributed by atoms with van der Waals surface area (Å²) in [4.78, 5) is 16.0. The van der Waals surface area contributed by atoms with E-state index < -0.39 is 5.60 Å². The van der Waals surface area contributed by atoms with E-state index in [9.17, 15) is 4.79 Å². The first kappa shape index (κ1) is 17.4. The number of ether oxygens (including phenoxy) is 1. The van der Waals surface area contributed by atoms with Gasteiger partial charge < -0.3 is 15.4 Å². The molecule has 0 aliphatic heterocycles. The minimum absolute atomic E-state index is 0.143. The topological polar surface area (TPSA) is 63.2 Å². The van der Waals surface area contributed by atoms with Crippen LogP contribution in [0, 0.1) is 0 Å². The highest BCUT2D eigenvalue weighted by molar-refractivity contribution is 5.67. The minimum Gasteiger partial charge on any atom is -0.444 e. The molecule has 5 heteroatoms. The summed E-state index contributed by atoms with van der Waals surface area (Å²) in [5.41, 5.74) is 1.84. The Labute approximate surface area is 127 Å². The van der Waals surface area contributed by atoms with Gasteiger partial charge >= 0.3 is 6.09 Å². The third kappa shape index (κ3) is 7.09. The number of aryl methyl sites for hydroxylation is 1. The Bertz CT molecular complexity index is 455. The van der Waals surface area contributed by atoms with E-state index in [0.717, 1.165) is 12.1 Å². The molecule has 0 saturated heterocycles. The number of nitrogens with zero attached hydrogens (tertiary/aromatic N) is 1. The molecule has 0 aliphatic carbocycles. The Kier molecular flexibility index (Phi) is 6.62. The summed E-state index contributed by atoms with van der Waals surface area (Å²) < 4.78 is 5.20. The van der Waals surface area contributed by atoms with Crippen molar-refractivity contribution in [2.45, 2.75) is 59.2 Å². The highest BCUT2D eigenvalue weighted by atomic mass is 16.6. The van der Waals surface area contributed by atoms with Gasteiger partial charge in [-0.15, -0.1) is 0 Å². The number of hydrogen-bond acceptors (Lipinski definition) is 4. The number of alkyl carbamates (subject to hydrolysis) is 1. The fraction of sp³-hybridized carbons (Fsp3) is 0.625. The van der Waals surface area contributed by atoms with Crippen LogP contribution in [0.2, 0.25) is 0 Å². The number of hydrogen-bond donors (Lipinski definition) is 2. The molecule has 5 nitrogen and oxygen atoms in total. The average Bonchev–Trinajstić information content (AvgIpc) is 2.41. The van der Waals surface area contributed by atoms with Crippen molar-refractivity contribution < 1.29 is 9.53 Å². The highest BCUT2D eigenvalue weighted by Crippen LogP contribution is 2.07. The van der Waals surface area contributed by atoms with Crippen LogP contribution in [0.5, 0.6) is 0 Å². The first-order valence-corrected chi connectivity index (χ1v) is 7.45. The molecule has 118 valence electrons. The average molecular weight is 293 g/mol. The van der Waals surface area contributed by atoms with Gasteiger partial charge in [0, 0.05) is 25.3 Å². The molecule has 0 aromatic carbocycles. The van der Waals surface area contributed by atoms with Crippen molar-refractivity contribution in [2.24, 2.45) is 0 Å². The molecule has 0 aliphatic rings. The standard InChI is InChI=1S/C16H27N3O2/c1-6-13-8-7-9-17-14(13)11-18-12(2)10-19-15(20)21-16(3,4)5/h7-9,12,18H,6,10-11H2,1-5H3,(H,19,20). The van der Waals surface area contributed by atoms with Crippen molar-refractivity contribution in [2.75, 3.05) is 6.54 Å². The van der Waals surface area contributed by atoms with Crippen LogP contribution >= 0.6 is 0 Å². The number of aromatic nitrogens is 1.